The van der Waals surface area contributed by atoms with Gasteiger partial charge in [0.2, 0.25) is 5.13 Å². The van der Waals surface area contributed by atoms with Crippen molar-refractivity contribution in [3.05, 3.63) is 24.4 Å². The summed E-state index contributed by atoms with van der Waals surface area (Å²) in [4.78, 5) is 4.25. The quantitative estimate of drug-likeness (QED) is 0.815. The third-order valence-corrected chi connectivity index (χ3v) is 4.09. The van der Waals surface area contributed by atoms with Crippen LogP contribution in [0.2, 0.25) is 0 Å². The van der Waals surface area contributed by atoms with Crippen LogP contribution in [0.15, 0.2) is 24.4 Å². The van der Waals surface area contributed by atoms with Gasteiger partial charge in [-0.3, -0.25) is 4.98 Å². The molecule has 0 aliphatic heterocycles. The molecule has 2 N–H and O–H groups in total. The van der Waals surface area contributed by atoms with Crippen LogP contribution in [0, 0.1) is 0 Å². The molecule has 2 heterocycles. The van der Waals surface area contributed by atoms with Gasteiger partial charge in [-0.25, -0.2) is 0 Å². The number of aliphatic hydroxyl groups is 1. The van der Waals surface area contributed by atoms with Crippen molar-refractivity contribution in [3.8, 4) is 10.7 Å². The lowest BCUT2D eigenvalue weighted by atomic mass is 10.2. The van der Waals surface area contributed by atoms with Gasteiger partial charge in [-0.1, -0.05) is 17.4 Å². The first-order valence-corrected chi connectivity index (χ1v) is 8.15. The molecule has 0 fully saturated rings. The highest BCUT2D eigenvalue weighted by Gasteiger charge is 2.12. The van der Waals surface area contributed by atoms with Crippen LogP contribution in [-0.4, -0.2) is 44.9 Å². The second-order valence-electron chi connectivity index (χ2n) is 3.94. The van der Waals surface area contributed by atoms with E-state index in [9.17, 15) is 0 Å². The van der Waals surface area contributed by atoms with Crippen molar-refractivity contribution in [3.63, 3.8) is 0 Å². The highest BCUT2D eigenvalue weighted by molar-refractivity contribution is 7.98. The number of thioether (sulfide) groups is 1. The first-order valence-electron chi connectivity index (χ1n) is 5.94. The first-order chi connectivity index (χ1) is 9.33. The molecule has 2 aromatic heterocycles. The Balaban J connectivity index is 2.04. The molecule has 2 rings (SSSR count). The summed E-state index contributed by atoms with van der Waals surface area (Å²) >= 11 is 3.22. The van der Waals surface area contributed by atoms with Gasteiger partial charge in [0, 0.05) is 24.6 Å². The molecule has 0 radical (unpaired) electrons. The SMILES string of the molecule is CSCC(CCO)Nc1nnc(-c2ccccn2)s1. The van der Waals surface area contributed by atoms with E-state index in [4.69, 9.17) is 5.11 Å². The Hall–Kier alpha value is -1.18. The number of anilines is 1. The number of hydrogen-bond acceptors (Lipinski definition) is 7. The summed E-state index contributed by atoms with van der Waals surface area (Å²) in [5.41, 5.74) is 0.830. The average Bonchev–Trinajstić information content (AvgIpc) is 2.89. The molecule has 2 aromatic rings. The lowest BCUT2D eigenvalue weighted by Crippen LogP contribution is -2.23. The predicted molar refractivity (Wildman–Crippen MR) is 80.6 cm³/mol. The van der Waals surface area contributed by atoms with Crippen LogP contribution in [0.1, 0.15) is 6.42 Å². The molecule has 1 unspecified atom stereocenters. The van der Waals surface area contributed by atoms with Crippen LogP contribution in [0.3, 0.4) is 0 Å². The van der Waals surface area contributed by atoms with Gasteiger partial charge in [0.25, 0.3) is 0 Å². The van der Waals surface area contributed by atoms with E-state index in [1.807, 2.05) is 24.5 Å². The Kier molecular flexibility index (Phi) is 5.56. The maximum atomic E-state index is 9.03. The standard InChI is InChI=1S/C12H16N4OS2/c1-18-8-9(5-7-17)14-12-16-15-11(19-12)10-4-2-3-6-13-10/h2-4,6,9,17H,5,7-8H2,1H3,(H,14,16). The van der Waals surface area contributed by atoms with Gasteiger partial charge in [0.15, 0.2) is 5.01 Å². The van der Waals surface area contributed by atoms with E-state index < -0.39 is 0 Å². The number of aromatic nitrogens is 3. The Morgan fingerprint density at radius 3 is 3.00 bits per heavy atom. The van der Waals surface area contributed by atoms with Crippen molar-refractivity contribution in [2.24, 2.45) is 0 Å². The van der Waals surface area contributed by atoms with Crippen molar-refractivity contribution < 1.29 is 5.11 Å². The van der Waals surface area contributed by atoms with E-state index in [2.05, 4.69) is 20.5 Å². The van der Waals surface area contributed by atoms with Crippen molar-refractivity contribution in [2.75, 3.05) is 23.9 Å². The maximum absolute atomic E-state index is 9.03. The van der Waals surface area contributed by atoms with Crippen LogP contribution in [0.4, 0.5) is 5.13 Å². The number of nitrogens with one attached hydrogen (secondary N) is 1. The Morgan fingerprint density at radius 2 is 2.32 bits per heavy atom. The second-order valence-corrected chi connectivity index (χ2v) is 5.82. The molecule has 5 nitrogen and oxygen atoms in total. The molecule has 102 valence electrons. The van der Waals surface area contributed by atoms with Crippen molar-refractivity contribution in [1.29, 1.82) is 0 Å². The van der Waals surface area contributed by atoms with E-state index in [1.54, 1.807) is 18.0 Å². The molecular formula is C12H16N4OS2. The van der Waals surface area contributed by atoms with E-state index in [1.165, 1.54) is 11.3 Å². The fourth-order valence-electron chi connectivity index (χ4n) is 1.60. The van der Waals surface area contributed by atoms with Crippen LogP contribution in [0.5, 0.6) is 0 Å². The Morgan fingerprint density at radius 1 is 1.42 bits per heavy atom. The fourth-order valence-corrected chi connectivity index (χ4v) is 3.05. The minimum atomic E-state index is 0.171. The van der Waals surface area contributed by atoms with Gasteiger partial charge in [0.05, 0.1) is 0 Å². The molecule has 0 spiro atoms. The largest absolute Gasteiger partial charge is 0.396 e. The van der Waals surface area contributed by atoms with Crippen molar-refractivity contribution in [2.45, 2.75) is 12.5 Å². The lowest BCUT2D eigenvalue weighted by molar-refractivity contribution is 0.282. The molecule has 0 aliphatic rings. The topological polar surface area (TPSA) is 70.9 Å². The smallest absolute Gasteiger partial charge is 0.206 e. The summed E-state index contributed by atoms with van der Waals surface area (Å²) in [6.45, 7) is 0.171. The van der Waals surface area contributed by atoms with Gasteiger partial charge in [-0.2, -0.15) is 11.8 Å². The highest BCUT2D eigenvalue weighted by atomic mass is 32.2. The van der Waals surface area contributed by atoms with Crippen LogP contribution >= 0.6 is 23.1 Å². The fraction of sp³-hybridized carbons (Fsp3) is 0.417. The summed E-state index contributed by atoms with van der Waals surface area (Å²) in [5.74, 6) is 0.930. The zero-order valence-corrected chi connectivity index (χ0v) is 12.2. The Labute approximate surface area is 120 Å². The van der Waals surface area contributed by atoms with Crippen molar-refractivity contribution >= 4 is 28.2 Å². The highest BCUT2D eigenvalue weighted by Crippen LogP contribution is 2.25. The third-order valence-electron chi connectivity index (χ3n) is 2.48. The molecule has 0 bridgehead atoms. The molecule has 19 heavy (non-hydrogen) atoms. The molecular weight excluding hydrogens is 280 g/mol. The van der Waals surface area contributed by atoms with Crippen molar-refractivity contribution in [1.82, 2.24) is 15.2 Å². The van der Waals surface area contributed by atoms with Gasteiger partial charge >= 0.3 is 0 Å². The van der Waals surface area contributed by atoms with Gasteiger partial charge in [-0.15, -0.1) is 10.2 Å². The minimum Gasteiger partial charge on any atom is -0.396 e. The molecule has 0 saturated heterocycles. The van der Waals surface area contributed by atoms with Crippen LogP contribution < -0.4 is 5.32 Å². The Bertz CT molecular complexity index is 485. The zero-order valence-electron chi connectivity index (χ0n) is 10.6. The lowest BCUT2D eigenvalue weighted by Gasteiger charge is -2.14. The predicted octanol–water partition coefficient (Wildman–Crippen LogP) is 2.13. The number of aliphatic hydroxyl groups excluding tert-OH is 1. The molecule has 7 heteroatoms. The number of hydrogen-bond donors (Lipinski definition) is 2. The number of rotatable bonds is 7. The van der Waals surface area contributed by atoms with E-state index >= 15 is 0 Å². The summed E-state index contributed by atoms with van der Waals surface area (Å²) in [7, 11) is 0. The number of nitrogens with zero attached hydrogens (tertiary/aromatic N) is 3. The average molecular weight is 296 g/mol. The number of pyridine rings is 1. The summed E-state index contributed by atoms with van der Waals surface area (Å²) in [5, 5.41) is 22.2. The summed E-state index contributed by atoms with van der Waals surface area (Å²) in [6.07, 6.45) is 4.50. The van der Waals surface area contributed by atoms with E-state index in [0.29, 0.717) is 6.42 Å². The maximum Gasteiger partial charge on any atom is 0.206 e. The minimum absolute atomic E-state index is 0.171. The third kappa shape index (κ3) is 4.15. The molecule has 0 aromatic carbocycles. The normalized spacial score (nSPS) is 12.3. The first kappa shape index (κ1) is 14.2. The molecule has 0 saturated carbocycles. The van der Waals surface area contributed by atoms with E-state index in [0.717, 1.165) is 21.6 Å². The van der Waals surface area contributed by atoms with Gasteiger partial charge < -0.3 is 10.4 Å². The summed E-state index contributed by atoms with van der Waals surface area (Å²) < 4.78 is 0. The monoisotopic (exact) mass is 296 g/mol. The second kappa shape index (κ2) is 7.42. The molecule has 1 atom stereocenters. The molecule has 0 aliphatic carbocycles. The van der Waals surface area contributed by atoms with Crippen LogP contribution in [-0.2, 0) is 0 Å². The van der Waals surface area contributed by atoms with Gasteiger partial charge in [-0.05, 0) is 24.8 Å². The summed E-state index contributed by atoms with van der Waals surface area (Å²) in [6, 6.07) is 5.93. The van der Waals surface area contributed by atoms with E-state index in [-0.39, 0.29) is 12.6 Å². The molecule has 0 amide bonds. The zero-order chi connectivity index (χ0) is 13.5. The van der Waals surface area contributed by atoms with Gasteiger partial charge in [0.1, 0.15) is 5.69 Å². The van der Waals surface area contributed by atoms with Crippen LogP contribution in [0.25, 0.3) is 10.7 Å².